The molecule has 1 aromatic heterocycles. The molecule has 0 radical (unpaired) electrons. The minimum atomic E-state index is 0.108. The molecule has 0 fully saturated rings. The SMILES string of the molecule is CO.CO.O=c1c2ccccc2ccc2ccccc12.O=c1c2ccccc2sc2ccccc12. The van der Waals surface area contributed by atoms with Gasteiger partial charge in [0, 0.05) is 45.2 Å². The van der Waals surface area contributed by atoms with Crippen LogP contribution in [0.4, 0.5) is 0 Å². The van der Waals surface area contributed by atoms with Gasteiger partial charge in [-0.1, -0.05) is 84.9 Å². The van der Waals surface area contributed by atoms with E-state index in [1.165, 1.54) is 0 Å². The molecule has 0 bridgehead atoms. The molecule has 5 heteroatoms. The second-order valence-corrected chi connectivity index (χ2v) is 8.34. The quantitative estimate of drug-likeness (QED) is 0.261. The fourth-order valence-corrected chi connectivity index (χ4v) is 4.84. The molecule has 4 nitrogen and oxygen atoms in total. The van der Waals surface area contributed by atoms with Gasteiger partial charge < -0.3 is 10.2 Å². The Hall–Kier alpha value is -3.90. The summed E-state index contributed by atoms with van der Waals surface area (Å²) in [4.78, 5) is 24.4. The molecule has 0 aliphatic heterocycles. The van der Waals surface area contributed by atoms with Crippen molar-refractivity contribution in [2.45, 2.75) is 0 Å². The molecule has 0 saturated heterocycles. The van der Waals surface area contributed by atoms with Gasteiger partial charge in [-0.3, -0.25) is 9.59 Å². The summed E-state index contributed by atoms with van der Waals surface area (Å²) in [6.07, 6.45) is 0. The van der Waals surface area contributed by atoms with Crippen molar-refractivity contribution in [3.63, 3.8) is 0 Å². The molecule has 0 unspecified atom stereocenters. The Balaban J connectivity index is 0.000000172. The normalized spacial score (nSPS) is 9.94. The van der Waals surface area contributed by atoms with E-state index < -0.39 is 0 Å². The summed E-state index contributed by atoms with van der Waals surface area (Å²) in [5.74, 6) is 0. The monoisotopic (exact) mass is 482 g/mol. The van der Waals surface area contributed by atoms with Crippen LogP contribution in [-0.2, 0) is 0 Å². The van der Waals surface area contributed by atoms with Crippen molar-refractivity contribution < 1.29 is 10.2 Å². The maximum absolute atomic E-state index is 12.3. The third-order valence-electron chi connectivity index (χ3n) is 5.34. The Morgan fingerprint density at radius 2 is 0.743 bits per heavy atom. The molecule has 0 aliphatic rings. The lowest BCUT2D eigenvalue weighted by molar-refractivity contribution is 0.399. The zero-order chi connectivity index (χ0) is 25.2. The van der Waals surface area contributed by atoms with Crippen LogP contribution in [0.1, 0.15) is 0 Å². The Kier molecular flexibility index (Phi) is 9.21. The van der Waals surface area contributed by atoms with E-state index in [0.717, 1.165) is 55.9 Å². The molecule has 0 aliphatic carbocycles. The van der Waals surface area contributed by atoms with E-state index in [-0.39, 0.29) is 10.9 Å². The number of fused-ring (bicyclic) bond motifs is 4. The molecular formula is C30H26O4S. The minimum Gasteiger partial charge on any atom is -0.400 e. The third kappa shape index (κ3) is 5.61. The average molecular weight is 483 g/mol. The van der Waals surface area contributed by atoms with E-state index in [0.29, 0.717) is 0 Å². The van der Waals surface area contributed by atoms with E-state index >= 15 is 0 Å². The maximum atomic E-state index is 12.3. The first-order valence-electron chi connectivity index (χ1n) is 10.9. The molecule has 2 N–H and O–H groups in total. The second-order valence-electron chi connectivity index (χ2n) is 7.26. The molecule has 0 saturated carbocycles. The molecule has 1 heterocycles. The van der Waals surface area contributed by atoms with Gasteiger partial charge in [-0.15, -0.1) is 11.3 Å². The van der Waals surface area contributed by atoms with E-state index in [2.05, 4.69) is 0 Å². The zero-order valence-corrected chi connectivity index (χ0v) is 20.3. The molecule has 0 atom stereocenters. The predicted octanol–water partition coefficient (Wildman–Crippen LogP) is 5.98. The molecular weight excluding hydrogens is 456 g/mol. The highest BCUT2D eigenvalue weighted by Gasteiger charge is 2.03. The van der Waals surface area contributed by atoms with Crippen LogP contribution in [0.15, 0.2) is 119 Å². The highest BCUT2D eigenvalue weighted by Crippen LogP contribution is 2.23. The number of aliphatic hydroxyl groups excluding tert-OH is 2. The molecule has 176 valence electrons. The molecule has 35 heavy (non-hydrogen) atoms. The van der Waals surface area contributed by atoms with E-state index in [4.69, 9.17) is 10.2 Å². The fraction of sp³-hybridized carbons (Fsp3) is 0.0667. The minimum absolute atomic E-state index is 0.108. The number of hydrogen-bond acceptors (Lipinski definition) is 5. The van der Waals surface area contributed by atoms with Crippen LogP contribution < -0.4 is 10.9 Å². The number of hydrogen-bond donors (Lipinski definition) is 2. The largest absolute Gasteiger partial charge is 0.400 e. The predicted molar refractivity (Wildman–Crippen MR) is 150 cm³/mol. The lowest BCUT2D eigenvalue weighted by Crippen LogP contribution is -1.99. The van der Waals surface area contributed by atoms with E-state index in [1.54, 1.807) is 11.3 Å². The van der Waals surface area contributed by atoms with Crippen molar-refractivity contribution in [1.29, 1.82) is 0 Å². The van der Waals surface area contributed by atoms with Gasteiger partial charge in [0.05, 0.1) is 0 Å². The zero-order valence-electron chi connectivity index (χ0n) is 19.5. The van der Waals surface area contributed by atoms with Crippen molar-refractivity contribution >= 4 is 53.1 Å². The van der Waals surface area contributed by atoms with Crippen LogP contribution in [-0.4, -0.2) is 24.4 Å². The summed E-state index contributed by atoms with van der Waals surface area (Å²) in [6.45, 7) is 0. The maximum Gasteiger partial charge on any atom is 0.195 e. The molecule has 0 spiro atoms. The molecule has 6 rings (SSSR count). The van der Waals surface area contributed by atoms with Gasteiger partial charge in [0.25, 0.3) is 0 Å². The topological polar surface area (TPSA) is 74.6 Å². The summed E-state index contributed by atoms with van der Waals surface area (Å²) in [5, 5.41) is 19.2. The van der Waals surface area contributed by atoms with Crippen molar-refractivity contribution in [2.75, 3.05) is 14.2 Å². The number of benzene rings is 4. The fourth-order valence-electron chi connectivity index (χ4n) is 3.77. The van der Waals surface area contributed by atoms with Gasteiger partial charge in [0.2, 0.25) is 0 Å². The highest BCUT2D eigenvalue weighted by atomic mass is 32.1. The van der Waals surface area contributed by atoms with E-state index in [9.17, 15) is 9.59 Å². The summed E-state index contributed by atoms with van der Waals surface area (Å²) >= 11 is 1.67. The van der Waals surface area contributed by atoms with Crippen LogP contribution >= 0.6 is 11.3 Å². The third-order valence-corrected chi connectivity index (χ3v) is 6.49. The van der Waals surface area contributed by atoms with Gasteiger partial charge in [-0.25, -0.2) is 0 Å². The van der Waals surface area contributed by atoms with Crippen LogP contribution in [0, 0.1) is 0 Å². The van der Waals surface area contributed by atoms with Crippen LogP contribution in [0.3, 0.4) is 0 Å². The molecule has 0 amide bonds. The Morgan fingerprint density at radius 1 is 0.429 bits per heavy atom. The number of rotatable bonds is 0. The first kappa shape index (κ1) is 25.7. The van der Waals surface area contributed by atoms with Gasteiger partial charge in [-0.05, 0) is 35.0 Å². The Bertz CT molecular complexity index is 1570. The van der Waals surface area contributed by atoms with E-state index in [1.807, 2.05) is 109 Å². The second kappa shape index (κ2) is 12.5. The lowest BCUT2D eigenvalue weighted by atomic mass is 10.1. The van der Waals surface area contributed by atoms with Crippen LogP contribution in [0.25, 0.3) is 41.7 Å². The van der Waals surface area contributed by atoms with Crippen molar-refractivity contribution in [3.05, 3.63) is 130 Å². The van der Waals surface area contributed by atoms with Crippen LogP contribution in [0.2, 0.25) is 0 Å². The van der Waals surface area contributed by atoms with Gasteiger partial charge in [0.15, 0.2) is 10.9 Å². The van der Waals surface area contributed by atoms with Crippen molar-refractivity contribution in [3.8, 4) is 0 Å². The summed E-state index contributed by atoms with van der Waals surface area (Å²) in [5.41, 5.74) is 0.246. The van der Waals surface area contributed by atoms with Gasteiger partial charge >= 0.3 is 0 Å². The Labute approximate surface area is 207 Å². The van der Waals surface area contributed by atoms with Crippen LogP contribution in [0.5, 0.6) is 0 Å². The smallest absolute Gasteiger partial charge is 0.195 e. The number of aliphatic hydroxyl groups is 2. The van der Waals surface area contributed by atoms with Gasteiger partial charge in [0.1, 0.15) is 0 Å². The standard InChI is InChI=1S/C15H10O.C13H8OS.2CH4O/c16-15-13-7-3-1-5-11(13)9-10-12-6-2-4-8-14(12)15;14-13-9-5-1-3-7-11(9)15-12-8-4-2-6-10(12)13;2*1-2/h1-10H;1-8H;2*2H,1H3. The molecule has 6 aromatic rings. The lowest BCUT2D eigenvalue weighted by Gasteiger charge is -1.99. The Morgan fingerprint density at radius 3 is 1.17 bits per heavy atom. The summed E-state index contributed by atoms with van der Waals surface area (Å²) in [6, 6.07) is 34.9. The summed E-state index contributed by atoms with van der Waals surface area (Å²) in [7, 11) is 2.00. The summed E-state index contributed by atoms with van der Waals surface area (Å²) < 4.78 is 2.11. The first-order valence-corrected chi connectivity index (χ1v) is 11.7. The van der Waals surface area contributed by atoms with Gasteiger partial charge in [-0.2, -0.15) is 0 Å². The molecule has 5 aromatic carbocycles. The highest BCUT2D eigenvalue weighted by molar-refractivity contribution is 7.24. The first-order chi connectivity index (χ1) is 17.2. The van der Waals surface area contributed by atoms with Crippen molar-refractivity contribution in [1.82, 2.24) is 0 Å². The van der Waals surface area contributed by atoms with Crippen molar-refractivity contribution in [2.24, 2.45) is 0 Å². The average Bonchev–Trinajstić information content (AvgIpc) is 3.08.